The summed E-state index contributed by atoms with van der Waals surface area (Å²) in [5, 5.41) is 4.51. The van der Waals surface area contributed by atoms with Crippen molar-refractivity contribution in [1.82, 2.24) is 15.3 Å². The molecule has 1 N–H and O–H groups in total. The van der Waals surface area contributed by atoms with Crippen molar-refractivity contribution in [3.8, 4) is 10.6 Å². The molecular formula is C15H21N3S. The molecule has 0 radical (unpaired) electrons. The van der Waals surface area contributed by atoms with Crippen molar-refractivity contribution in [3.63, 3.8) is 0 Å². The van der Waals surface area contributed by atoms with Crippen LogP contribution in [0, 0.1) is 6.92 Å². The van der Waals surface area contributed by atoms with Crippen molar-refractivity contribution < 1.29 is 0 Å². The van der Waals surface area contributed by atoms with E-state index in [2.05, 4.69) is 44.1 Å². The first-order valence-electron chi connectivity index (χ1n) is 6.74. The Bertz CT molecular complexity index is 546. The van der Waals surface area contributed by atoms with Crippen LogP contribution in [0.1, 0.15) is 42.8 Å². The molecule has 19 heavy (non-hydrogen) atoms. The zero-order chi connectivity index (χ0) is 13.8. The molecule has 0 unspecified atom stereocenters. The average Bonchev–Trinajstić information content (AvgIpc) is 2.81. The lowest BCUT2D eigenvalue weighted by molar-refractivity contribution is 0.714. The van der Waals surface area contributed by atoms with E-state index in [9.17, 15) is 0 Å². The van der Waals surface area contributed by atoms with Gasteiger partial charge in [0.15, 0.2) is 0 Å². The molecule has 3 nitrogen and oxygen atoms in total. The molecule has 0 atom stereocenters. The largest absolute Gasteiger partial charge is 0.312 e. The monoisotopic (exact) mass is 275 g/mol. The third-order valence-corrected chi connectivity index (χ3v) is 4.17. The number of nitrogens with one attached hydrogen (secondary N) is 1. The van der Waals surface area contributed by atoms with Crippen LogP contribution in [0.3, 0.4) is 0 Å². The van der Waals surface area contributed by atoms with Crippen molar-refractivity contribution in [1.29, 1.82) is 0 Å². The summed E-state index contributed by atoms with van der Waals surface area (Å²) in [6.07, 6.45) is 3.73. The van der Waals surface area contributed by atoms with Gasteiger partial charge in [-0.15, -0.1) is 11.3 Å². The van der Waals surface area contributed by atoms with Crippen LogP contribution in [0.2, 0.25) is 0 Å². The fraction of sp³-hybridized carbons (Fsp3) is 0.467. The second-order valence-electron chi connectivity index (χ2n) is 4.95. The first-order chi connectivity index (χ1) is 9.13. The summed E-state index contributed by atoms with van der Waals surface area (Å²) in [6.45, 7) is 10.5. The Morgan fingerprint density at radius 3 is 2.79 bits per heavy atom. The van der Waals surface area contributed by atoms with Crippen LogP contribution in [0.25, 0.3) is 10.6 Å². The normalized spacial score (nSPS) is 11.2. The average molecular weight is 275 g/mol. The van der Waals surface area contributed by atoms with E-state index >= 15 is 0 Å². The number of rotatable bonds is 5. The highest BCUT2D eigenvalue weighted by Gasteiger charge is 2.15. The Kier molecular flexibility index (Phi) is 4.66. The highest BCUT2D eigenvalue weighted by molar-refractivity contribution is 7.15. The van der Waals surface area contributed by atoms with Crippen LogP contribution in [0.15, 0.2) is 18.5 Å². The van der Waals surface area contributed by atoms with Gasteiger partial charge in [0.1, 0.15) is 5.01 Å². The zero-order valence-corrected chi connectivity index (χ0v) is 12.8. The predicted molar refractivity (Wildman–Crippen MR) is 81.6 cm³/mol. The number of nitrogens with zero attached hydrogens (tertiary/aromatic N) is 2. The molecule has 0 spiro atoms. The van der Waals surface area contributed by atoms with E-state index in [1.807, 2.05) is 12.4 Å². The van der Waals surface area contributed by atoms with E-state index in [-0.39, 0.29) is 0 Å². The third-order valence-electron chi connectivity index (χ3n) is 3.06. The van der Waals surface area contributed by atoms with Crippen LogP contribution in [-0.4, -0.2) is 16.5 Å². The lowest BCUT2D eigenvalue weighted by Crippen LogP contribution is -2.12. The molecule has 0 bridgehead atoms. The zero-order valence-electron chi connectivity index (χ0n) is 12.0. The van der Waals surface area contributed by atoms with E-state index < -0.39 is 0 Å². The molecule has 0 aliphatic rings. The van der Waals surface area contributed by atoms with Gasteiger partial charge in [-0.2, -0.15) is 0 Å². The van der Waals surface area contributed by atoms with Gasteiger partial charge in [0.05, 0.1) is 5.69 Å². The third kappa shape index (κ3) is 3.19. The Balaban J connectivity index is 2.40. The summed E-state index contributed by atoms with van der Waals surface area (Å²) >= 11 is 1.79. The maximum atomic E-state index is 4.84. The summed E-state index contributed by atoms with van der Waals surface area (Å²) in [4.78, 5) is 10.3. The van der Waals surface area contributed by atoms with Gasteiger partial charge >= 0.3 is 0 Å². The Morgan fingerprint density at radius 2 is 2.16 bits per heavy atom. The standard InChI is InChI=1S/C15H21N3S/c1-5-16-9-13-14(10(2)3)18-15(19-13)12-6-7-17-8-11(12)4/h6-8,10,16H,5,9H2,1-4H3. The van der Waals surface area contributed by atoms with Crippen molar-refractivity contribution in [2.75, 3.05) is 6.54 Å². The molecule has 0 fully saturated rings. The maximum absolute atomic E-state index is 4.84. The topological polar surface area (TPSA) is 37.8 Å². The first-order valence-corrected chi connectivity index (χ1v) is 7.56. The van der Waals surface area contributed by atoms with E-state index in [0.29, 0.717) is 5.92 Å². The lowest BCUT2D eigenvalue weighted by Gasteiger charge is -2.04. The van der Waals surface area contributed by atoms with Crippen molar-refractivity contribution in [2.45, 2.75) is 40.2 Å². The summed E-state index contributed by atoms with van der Waals surface area (Å²) in [5.41, 5.74) is 3.60. The van der Waals surface area contributed by atoms with Crippen molar-refractivity contribution in [3.05, 3.63) is 34.6 Å². The van der Waals surface area contributed by atoms with Crippen molar-refractivity contribution in [2.24, 2.45) is 0 Å². The van der Waals surface area contributed by atoms with E-state index in [4.69, 9.17) is 4.98 Å². The quantitative estimate of drug-likeness (QED) is 0.903. The number of pyridine rings is 1. The minimum absolute atomic E-state index is 0.459. The van der Waals surface area contributed by atoms with Gasteiger partial charge < -0.3 is 5.32 Å². The van der Waals surface area contributed by atoms with E-state index in [1.165, 1.54) is 21.7 Å². The molecule has 0 saturated carbocycles. The van der Waals surface area contributed by atoms with Gasteiger partial charge in [-0.05, 0) is 31.0 Å². The van der Waals surface area contributed by atoms with Gasteiger partial charge in [-0.25, -0.2) is 4.98 Å². The summed E-state index contributed by atoms with van der Waals surface area (Å²) < 4.78 is 0. The van der Waals surface area contributed by atoms with Gasteiger partial charge in [0.25, 0.3) is 0 Å². The fourth-order valence-corrected chi connectivity index (χ4v) is 3.28. The predicted octanol–water partition coefficient (Wildman–Crippen LogP) is 3.75. The van der Waals surface area contributed by atoms with E-state index in [1.54, 1.807) is 11.3 Å². The Labute approximate surface area is 119 Å². The minimum Gasteiger partial charge on any atom is -0.312 e. The number of hydrogen-bond donors (Lipinski definition) is 1. The van der Waals surface area contributed by atoms with Crippen molar-refractivity contribution >= 4 is 11.3 Å². The minimum atomic E-state index is 0.459. The number of hydrogen-bond acceptors (Lipinski definition) is 4. The Morgan fingerprint density at radius 1 is 1.37 bits per heavy atom. The van der Waals surface area contributed by atoms with Gasteiger partial charge in [-0.1, -0.05) is 20.8 Å². The molecule has 0 amide bonds. The van der Waals surface area contributed by atoms with Gasteiger partial charge in [0, 0.05) is 29.4 Å². The summed E-state index contributed by atoms with van der Waals surface area (Å²) in [5.74, 6) is 0.459. The molecule has 0 aliphatic carbocycles. The molecule has 102 valence electrons. The molecule has 0 aromatic carbocycles. The molecule has 2 aromatic rings. The SMILES string of the molecule is CCNCc1sc(-c2ccncc2C)nc1C(C)C. The molecule has 2 heterocycles. The van der Waals surface area contributed by atoms with Crippen LogP contribution in [0.5, 0.6) is 0 Å². The molecule has 2 aromatic heterocycles. The molecule has 4 heteroatoms. The van der Waals surface area contributed by atoms with Gasteiger partial charge in [-0.3, -0.25) is 4.98 Å². The molecule has 0 saturated heterocycles. The van der Waals surface area contributed by atoms with Crippen LogP contribution >= 0.6 is 11.3 Å². The van der Waals surface area contributed by atoms with Gasteiger partial charge in [0.2, 0.25) is 0 Å². The molecule has 2 rings (SSSR count). The lowest BCUT2D eigenvalue weighted by atomic mass is 10.1. The molecular weight excluding hydrogens is 254 g/mol. The molecule has 0 aliphatic heterocycles. The fourth-order valence-electron chi connectivity index (χ4n) is 2.01. The van der Waals surface area contributed by atoms with Crippen LogP contribution in [0.4, 0.5) is 0 Å². The summed E-state index contributed by atoms with van der Waals surface area (Å²) in [6, 6.07) is 2.05. The van der Waals surface area contributed by atoms with Crippen LogP contribution in [-0.2, 0) is 6.54 Å². The summed E-state index contributed by atoms with van der Waals surface area (Å²) in [7, 11) is 0. The number of aromatic nitrogens is 2. The van der Waals surface area contributed by atoms with Crippen LogP contribution < -0.4 is 5.32 Å². The highest BCUT2D eigenvalue weighted by Crippen LogP contribution is 2.32. The smallest absolute Gasteiger partial charge is 0.124 e. The first kappa shape index (κ1) is 14.2. The maximum Gasteiger partial charge on any atom is 0.124 e. The highest BCUT2D eigenvalue weighted by atomic mass is 32.1. The number of thiazole rings is 1. The Hall–Kier alpha value is -1.26. The second-order valence-corrected chi connectivity index (χ2v) is 6.04. The van der Waals surface area contributed by atoms with E-state index in [0.717, 1.165) is 18.1 Å². The number of aryl methyl sites for hydroxylation is 1. The second kappa shape index (κ2) is 6.26.